The van der Waals surface area contributed by atoms with Crippen LogP contribution in [0.25, 0.3) is 0 Å². The highest BCUT2D eigenvalue weighted by Gasteiger charge is 2.15. The molecule has 0 saturated heterocycles. The summed E-state index contributed by atoms with van der Waals surface area (Å²) in [6.07, 6.45) is 0.0246. The molecule has 0 aliphatic heterocycles. The Balaban J connectivity index is 3.72. The molecule has 9 heavy (non-hydrogen) atoms. The summed E-state index contributed by atoms with van der Waals surface area (Å²) in [5.41, 5.74) is 0. The largest absolute Gasteiger partial charge is 0.391 e. The Kier molecular flexibility index (Phi) is 4.28. The summed E-state index contributed by atoms with van der Waals surface area (Å²) in [4.78, 5) is 0. The lowest BCUT2D eigenvalue weighted by molar-refractivity contribution is 0.176. The van der Waals surface area contributed by atoms with Gasteiger partial charge in [-0.2, -0.15) is 0 Å². The summed E-state index contributed by atoms with van der Waals surface area (Å²) in [6.45, 7) is 5.23. The van der Waals surface area contributed by atoms with E-state index in [2.05, 4.69) is 6.58 Å². The minimum absolute atomic E-state index is 0.297. The molecule has 2 unspecified atom stereocenters. The van der Waals surface area contributed by atoms with Gasteiger partial charge in [0.2, 0.25) is 0 Å². The molecule has 0 aliphatic rings. The van der Waals surface area contributed by atoms with Gasteiger partial charge < -0.3 is 5.11 Å². The van der Waals surface area contributed by atoms with Crippen LogP contribution in [-0.4, -0.2) is 16.6 Å². The molecule has 1 nitrogen and oxygen atoms in total. The van der Waals surface area contributed by atoms with E-state index in [9.17, 15) is 0 Å². The number of alkyl halides is 1. The SMILES string of the molecule is C=C(Cl)C(Cl)C(O)CC. The molecule has 0 radical (unpaired) electrons. The predicted octanol–water partition coefficient (Wildman–Crippen LogP) is 2.12. The third-order valence-corrected chi connectivity index (χ3v) is 1.96. The summed E-state index contributed by atoms with van der Waals surface area (Å²) in [7, 11) is 0. The van der Waals surface area contributed by atoms with Gasteiger partial charge in [0.1, 0.15) is 0 Å². The zero-order valence-electron chi connectivity index (χ0n) is 5.27. The first-order chi connectivity index (χ1) is 4.09. The highest BCUT2D eigenvalue weighted by Crippen LogP contribution is 2.17. The number of rotatable bonds is 3. The van der Waals surface area contributed by atoms with E-state index >= 15 is 0 Å². The molecule has 3 heteroatoms. The molecule has 2 atom stereocenters. The quantitative estimate of drug-likeness (QED) is 0.641. The topological polar surface area (TPSA) is 20.2 Å². The summed E-state index contributed by atoms with van der Waals surface area (Å²) in [5, 5.41) is 8.80. The molecule has 0 spiro atoms. The van der Waals surface area contributed by atoms with Gasteiger partial charge in [-0.25, -0.2) is 0 Å². The first kappa shape index (κ1) is 9.28. The van der Waals surface area contributed by atoms with Gasteiger partial charge >= 0.3 is 0 Å². The smallest absolute Gasteiger partial charge is 0.0944 e. The number of aliphatic hydroxyl groups excluding tert-OH is 1. The normalized spacial score (nSPS) is 16.9. The summed E-state index contributed by atoms with van der Waals surface area (Å²) >= 11 is 11.0. The van der Waals surface area contributed by atoms with Crippen molar-refractivity contribution in [3.8, 4) is 0 Å². The molecule has 0 bridgehead atoms. The van der Waals surface area contributed by atoms with Crippen LogP contribution in [-0.2, 0) is 0 Å². The van der Waals surface area contributed by atoms with Crippen LogP contribution in [0.4, 0.5) is 0 Å². The maximum atomic E-state index is 9.02. The minimum atomic E-state index is -0.573. The Bertz CT molecular complexity index is 103. The van der Waals surface area contributed by atoms with Gasteiger partial charge in [0, 0.05) is 5.03 Å². The summed E-state index contributed by atoms with van der Waals surface area (Å²) < 4.78 is 0. The van der Waals surface area contributed by atoms with Crippen LogP contribution in [0.2, 0.25) is 0 Å². The van der Waals surface area contributed by atoms with Crippen LogP contribution in [0.5, 0.6) is 0 Å². The third-order valence-electron chi connectivity index (χ3n) is 1.06. The Morgan fingerprint density at radius 3 is 2.33 bits per heavy atom. The van der Waals surface area contributed by atoms with E-state index in [0.29, 0.717) is 11.5 Å². The second-order valence-corrected chi connectivity index (χ2v) is 2.78. The van der Waals surface area contributed by atoms with Crippen molar-refractivity contribution in [2.45, 2.75) is 24.8 Å². The molecule has 54 valence electrons. The average molecular weight is 169 g/mol. The van der Waals surface area contributed by atoms with Crippen molar-refractivity contribution in [2.75, 3.05) is 0 Å². The second-order valence-electron chi connectivity index (χ2n) is 1.82. The highest BCUT2D eigenvalue weighted by molar-refractivity contribution is 6.37. The van der Waals surface area contributed by atoms with E-state index in [1.54, 1.807) is 0 Å². The van der Waals surface area contributed by atoms with Gasteiger partial charge in [-0.3, -0.25) is 0 Å². The molecule has 0 aliphatic carbocycles. The predicted molar refractivity (Wildman–Crippen MR) is 40.9 cm³/mol. The molecule has 0 aromatic rings. The monoisotopic (exact) mass is 168 g/mol. The van der Waals surface area contributed by atoms with Gasteiger partial charge in [0.25, 0.3) is 0 Å². The van der Waals surface area contributed by atoms with Crippen molar-refractivity contribution >= 4 is 23.2 Å². The fourth-order valence-electron chi connectivity index (χ4n) is 0.416. The molecule has 0 saturated carbocycles. The first-order valence-electron chi connectivity index (χ1n) is 2.76. The molecule has 0 aromatic heterocycles. The second kappa shape index (κ2) is 4.15. The first-order valence-corrected chi connectivity index (χ1v) is 3.57. The standard InChI is InChI=1S/C6H10Cl2O/c1-3-5(9)6(8)4(2)7/h5-6,9H,2-3H2,1H3. The van der Waals surface area contributed by atoms with E-state index in [1.807, 2.05) is 6.92 Å². The van der Waals surface area contributed by atoms with Crippen molar-refractivity contribution < 1.29 is 5.11 Å². The van der Waals surface area contributed by atoms with Crippen LogP contribution >= 0.6 is 23.2 Å². The van der Waals surface area contributed by atoms with Crippen LogP contribution in [0.3, 0.4) is 0 Å². The lowest BCUT2D eigenvalue weighted by Gasteiger charge is -2.12. The van der Waals surface area contributed by atoms with E-state index < -0.39 is 11.5 Å². The fraction of sp³-hybridized carbons (Fsp3) is 0.667. The summed E-state index contributed by atoms with van der Waals surface area (Å²) in [6, 6.07) is 0. The van der Waals surface area contributed by atoms with Crippen molar-refractivity contribution in [2.24, 2.45) is 0 Å². The van der Waals surface area contributed by atoms with Gasteiger partial charge in [-0.15, -0.1) is 11.6 Å². The summed E-state index contributed by atoms with van der Waals surface area (Å²) in [5.74, 6) is 0. The van der Waals surface area contributed by atoms with Crippen molar-refractivity contribution in [3.05, 3.63) is 11.6 Å². The number of hydrogen-bond donors (Lipinski definition) is 1. The van der Waals surface area contributed by atoms with E-state index in [-0.39, 0.29) is 0 Å². The number of hydrogen-bond acceptors (Lipinski definition) is 1. The maximum Gasteiger partial charge on any atom is 0.0944 e. The van der Waals surface area contributed by atoms with Crippen molar-refractivity contribution in [1.29, 1.82) is 0 Å². The Hall–Kier alpha value is 0.280. The number of aliphatic hydroxyl groups is 1. The zero-order chi connectivity index (χ0) is 7.44. The Morgan fingerprint density at radius 2 is 2.22 bits per heavy atom. The molecular formula is C6H10Cl2O. The van der Waals surface area contributed by atoms with Crippen LogP contribution < -0.4 is 0 Å². The minimum Gasteiger partial charge on any atom is -0.391 e. The molecule has 1 N–H and O–H groups in total. The van der Waals surface area contributed by atoms with Gasteiger partial charge in [0.15, 0.2) is 0 Å². The van der Waals surface area contributed by atoms with Crippen LogP contribution in [0.15, 0.2) is 11.6 Å². The zero-order valence-corrected chi connectivity index (χ0v) is 6.78. The lowest BCUT2D eigenvalue weighted by atomic mass is 10.2. The highest BCUT2D eigenvalue weighted by atomic mass is 35.5. The van der Waals surface area contributed by atoms with Crippen molar-refractivity contribution in [3.63, 3.8) is 0 Å². The lowest BCUT2D eigenvalue weighted by Crippen LogP contribution is -2.19. The van der Waals surface area contributed by atoms with E-state index in [4.69, 9.17) is 28.3 Å². The van der Waals surface area contributed by atoms with Gasteiger partial charge in [-0.1, -0.05) is 25.1 Å². The van der Waals surface area contributed by atoms with E-state index in [0.717, 1.165) is 0 Å². The van der Waals surface area contributed by atoms with Gasteiger partial charge in [0.05, 0.1) is 11.5 Å². The molecule has 0 rings (SSSR count). The van der Waals surface area contributed by atoms with E-state index in [1.165, 1.54) is 0 Å². The number of halogens is 2. The molecule has 0 amide bonds. The molecular weight excluding hydrogens is 159 g/mol. The van der Waals surface area contributed by atoms with Gasteiger partial charge in [-0.05, 0) is 6.42 Å². The van der Waals surface area contributed by atoms with Crippen LogP contribution in [0, 0.1) is 0 Å². The molecule has 0 fully saturated rings. The van der Waals surface area contributed by atoms with Crippen molar-refractivity contribution in [1.82, 2.24) is 0 Å². The Labute approximate surface area is 65.3 Å². The van der Waals surface area contributed by atoms with Crippen LogP contribution in [0.1, 0.15) is 13.3 Å². The average Bonchev–Trinajstić information content (AvgIpc) is 1.84. The molecule has 0 heterocycles. The maximum absolute atomic E-state index is 9.02. The Morgan fingerprint density at radius 1 is 1.78 bits per heavy atom. The fourth-order valence-corrected chi connectivity index (χ4v) is 0.739. The molecule has 0 aromatic carbocycles. The third kappa shape index (κ3) is 3.09.